The molecule has 194 valence electrons. The number of hydrogen-bond acceptors (Lipinski definition) is 8. The van der Waals surface area contributed by atoms with Gasteiger partial charge in [-0.1, -0.05) is 0 Å². The molecule has 4 rings (SSSR count). The van der Waals surface area contributed by atoms with Crippen molar-refractivity contribution in [2.45, 2.75) is 6.92 Å². The number of aromatic carboxylic acids is 1. The molecule has 2 aliphatic rings. The molecule has 2 aromatic rings. The van der Waals surface area contributed by atoms with E-state index in [0.29, 0.717) is 0 Å². The number of aliphatic carboxylic acids is 1. The van der Waals surface area contributed by atoms with Gasteiger partial charge in [0.05, 0.1) is 0 Å². The van der Waals surface area contributed by atoms with Gasteiger partial charge in [-0.25, -0.2) is 0 Å². The number of nitrogens with two attached hydrogens (primary N) is 1. The molecule has 1 aliphatic carbocycles. The zero-order chi connectivity index (χ0) is 27.9. The van der Waals surface area contributed by atoms with E-state index in [4.69, 9.17) is 25.5 Å². The number of rotatable bonds is 4. The first kappa shape index (κ1) is 28.0. The molecule has 8 N–H and O–H groups in total. The van der Waals surface area contributed by atoms with Crippen LogP contribution in [0.15, 0.2) is 52.9 Å². The van der Waals surface area contributed by atoms with Crippen LogP contribution >= 0.6 is 0 Å². The summed E-state index contributed by atoms with van der Waals surface area (Å²) in [6, 6.07) is 10.7. The van der Waals surface area contributed by atoms with Crippen molar-refractivity contribution in [1.82, 2.24) is 0 Å². The predicted octanol–water partition coefficient (Wildman–Crippen LogP) is -1.45. The summed E-state index contributed by atoms with van der Waals surface area (Å²) in [5.41, 5.74) is 4.94. The van der Waals surface area contributed by atoms with Crippen LogP contribution in [0.1, 0.15) is 17.3 Å². The first-order valence-electron chi connectivity index (χ1n) is 10.0. The Morgan fingerprint density at radius 3 is 2.08 bits per heavy atom. The molecule has 0 saturated heterocycles. The molecule has 13 nitrogen and oxygen atoms in total. The monoisotopic (exact) mass is 637 g/mol. The van der Waals surface area contributed by atoms with Crippen LogP contribution < -0.4 is 23.9 Å². The fourth-order valence-corrected chi connectivity index (χ4v) is 7.21. The van der Waals surface area contributed by atoms with Crippen LogP contribution in [0.25, 0.3) is 33.4 Å². The predicted molar refractivity (Wildman–Crippen MR) is 128 cm³/mol. The summed E-state index contributed by atoms with van der Waals surface area (Å²) in [6.07, 6.45) is 0. The van der Waals surface area contributed by atoms with Crippen molar-refractivity contribution in [1.29, 1.82) is 5.41 Å². The quantitative estimate of drug-likeness (QED) is 0.0771. The Hall–Kier alpha value is -3.57. The number of anilines is 1. The minimum atomic E-state index is -6.02. The van der Waals surface area contributed by atoms with Crippen molar-refractivity contribution in [3.05, 3.63) is 59.5 Å². The van der Waals surface area contributed by atoms with E-state index >= 15 is 0 Å². The summed E-state index contributed by atoms with van der Waals surface area (Å²) in [5, 5.41) is 24.6. The van der Waals surface area contributed by atoms with Gasteiger partial charge in [-0.2, -0.15) is 0 Å². The van der Waals surface area contributed by atoms with Crippen molar-refractivity contribution in [3.8, 4) is 22.5 Å². The number of nitrogens with one attached hydrogen (secondary N) is 1. The molecule has 0 radical (unpaired) electrons. The third kappa shape index (κ3) is 5.57. The Balaban J connectivity index is 0.000000886. The van der Waals surface area contributed by atoms with Crippen LogP contribution in [0.5, 0.6) is 0 Å². The van der Waals surface area contributed by atoms with Crippen LogP contribution in [0, 0.1) is 5.41 Å². The van der Waals surface area contributed by atoms with Gasteiger partial charge in [-0.3, -0.25) is 4.79 Å². The molecule has 0 aromatic heterocycles. The van der Waals surface area contributed by atoms with Gasteiger partial charge < -0.3 is 5.11 Å². The number of benzene rings is 3. The van der Waals surface area contributed by atoms with E-state index in [1.54, 1.807) is 0 Å². The van der Waals surface area contributed by atoms with Crippen molar-refractivity contribution >= 4 is 65.6 Å². The Kier molecular flexibility index (Phi) is 7.61. The van der Waals surface area contributed by atoms with E-state index in [0.717, 1.165) is 13.0 Å². The third-order valence-corrected chi connectivity index (χ3v) is 9.35. The summed E-state index contributed by atoms with van der Waals surface area (Å²) in [5.74, 6) is -2.64. The average molecular weight is 637 g/mol. The molecule has 0 saturated carbocycles. The Morgan fingerprint density at radius 2 is 1.54 bits per heavy atom. The van der Waals surface area contributed by atoms with Gasteiger partial charge >= 0.3 is 191 Å². The SMILES string of the molecule is CC(=O)O.N=c1ccc2c(-c3ccccc3C(=O)O)c3ccc(N)c([As](=O)([O-])O)c3oc-2c1[As](=O)(O)O. The van der Waals surface area contributed by atoms with Crippen molar-refractivity contribution in [2.75, 3.05) is 5.73 Å². The maximum absolute atomic E-state index is 12.3. The zero-order valence-electron chi connectivity index (χ0n) is 18.8. The van der Waals surface area contributed by atoms with E-state index < -0.39 is 65.7 Å². The van der Waals surface area contributed by atoms with Gasteiger partial charge in [0.15, 0.2) is 0 Å². The first-order valence-corrected chi connectivity index (χ1v) is 16.7. The molecule has 2 aromatic carbocycles. The van der Waals surface area contributed by atoms with Crippen LogP contribution in [0.3, 0.4) is 0 Å². The van der Waals surface area contributed by atoms with E-state index in [1.165, 1.54) is 42.5 Å². The summed E-state index contributed by atoms with van der Waals surface area (Å²) in [6.45, 7) is 1.08. The molecule has 0 bridgehead atoms. The van der Waals surface area contributed by atoms with Gasteiger partial charge in [0, 0.05) is 6.92 Å². The molecule has 1 atom stereocenters. The second-order valence-electron chi connectivity index (χ2n) is 7.63. The van der Waals surface area contributed by atoms with E-state index in [-0.39, 0.29) is 33.3 Å². The number of carboxylic acids is 2. The number of carboxylic acid groups (broad SMARTS) is 2. The minimum absolute atomic E-state index is 0.0358. The molecule has 15 heteroatoms. The number of hydrogen-bond donors (Lipinski definition) is 7. The molecule has 1 heterocycles. The second kappa shape index (κ2) is 10.1. The van der Waals surface area contributed by atoms with Gasteiger partial charge in [0.25, 0.3) is 5.97 Å². The number of carbonyl (C=O) groups is 2. The first-order chi connectivity index (χ1) is 17.1. The normalized spacial score (nSPS) is 13.0. The average Bonchev–Trinajstić information content (AvgIpc) is 2.75. The Morgan fingerprint density at radius 1 is 0.946 bits per heavy atom. The summed E-state index contributed by atoms with van der Waals surface area (Å²) < 4.78 is 70.5. The van der Waals surface area contributed by atoms with Crippen LogP contribution in [-0.2, 0) is 12.3 Å². The fourth-order valence-electron chi connectivity index (χ4n) is 3.76. The molecular formula is C22H19As2N2O11-. The molecule has 37 heavy (non-hydrogen) atoms. The van der Waals surface area contributed by atoms with Gasteiger partial charge in [0.2, 0.25) is 0 Å². The molecule has 1 aliphatic heterocycles. The second-order valence-corrected chi connectivity index (χ2v) is 14.0. The van der Waals surface area contributed by atoms with Crippen LogP contribution in [0.4, 0.5) is 5.69 Å². The topological polar surface area (TPSA) is 255 Å². The Bertz CT molecular complexity index is 1680. The van der Waals surface area contributed by atoms with Crippen molar-refractivity contribution < 1.29 is 48.1 Å². The van der Waals surface area contributed by atoms with Gasteiger partial charge in [0.1, 0.15) is 0 Å². The number of nitrogen functional groups attached to an aromatic ring is 1. The summed E-state index contributed by atoms with van der Waals surface area (Å²) >= 11 is -11.9. The van der Waals surface area contributed by atoms with Crippen molar-refractivity contribution in [2.24, 2.45) is 0 Å². The molecule has 1 unspecified atom stereocenters. The van der Waals surface area contributed by atoms with Gasteiger partial charge in [-0.05, 0) is 0 Å². The standard InChI is InChI=1S/C20H16As2N2O9.C2H4O2/c23-13-7-5-11-15(9-3-1-2-4-10(9)20(25)26)12-6-8-14(24)17(22(30,31)32)19(12)33-18(11)16(13)21(27,28)29;1-2(3)4/h1-8,23H,24H2,(H,25,26)(H2,27,28,29)(H2,30,31,32);1H3,(H,3,4)/p-1. The van der Waals surface area contributed by atoms with E-state index in [2.05, 4.69) is 0 Å². The molecule has 0 spiro atoms. The number of fused-ring (bicyclic) bond motifs is 2. The summed E-state index contributed by atoms with van der Waals surface area (Å²) in [7, 11) is 0. The maximum atomic E-state index is 12.3. The summed E-state index contributed by atoms with van der Waals surface area (Å²) in [4.78, 5) is 20.9. The van der Waals surface area contributed by atoms with Crippen LogP contribution in [-0.4, -0.2) is 62.8 Å². The van der Waals surface area contributed by atoms with E-state index in [1.807, 2.05) is 0 Å². The zero-order valence-corrected chi connectivity index (χ0v) is 22.5. The van der Waals surface area contributed by atoms with Crippen molar-refractivity contribution in [3.63, 3.8) is 0 Å². The fraction of sp³-hybridized carbons (Fsp3) is 0.0455. The molecule has 0 amide bonds. The molecular weight excluding hydrogens is 618 g/mol. The Labute approximate surface area is 213 Å². The van der Waals surface area contributed by atoms with E-state index in [9.17, 15) is 33.8 Å². The van der Waals surface area contributed by atoms with Crippen LogP contribution in [0.2, 0.25) is 0 Å². The molecule has 0 fully saturated rings. The van der Waals surface area contributed by atoms with Gasteiger partial charge in [-0.15, -0.1) is 0 Å². The third-order valence-electron chi connectivity index (χ3n) is 5.04.